The summed E-state index contributed by atoms with van der Waals surface area (Å²) in [6.45, 7) is 3.03. The van der Waals surface area contributed by atoms with Crippen molar-refractivity contribution in [2.24, 2.45) is 0 Å². The molecule has 6 heteroatoms. The zero-order valence-electron chi connectivity index (χ0n) is 9.86. The zero-order chi connectivity index (χ0) is 12.5. The Morgan fingerprint density at radius 3 is 3.00 bits per heavy atom. The number of morpholine rings is 1. The predicted octanol–water partition coefficient (Wildman–Crippen LogP) is 1.04. The number of carbonyl (C=O) groups is 1. The van der Waals surface area contributed by atoms with Crippen molar-refractivity contribution in [2.45, 2.75) is 12.5 Å². The zero-order valence-corrected chi connectivity index (χ0v) is 11.4. The molecule has 1 aromatic rings. The molecule has 0 saturated carbocycles. The highest BCUT2D eigenvalue weighted by Crippen LogP contribution is 2.25. The Morgan fingerprint density at radius 2 is 2.22 bits per heavy atom. The van der Waals surface area contributed by atoms with E-state index < -0.39 is 0 Å². The van der Waals surface area contributed by atoms with Crippen molar-refractivity contribution in [3.05, 3.63) is 22.3 Å². The van der Waals surface area contributed by atoms with E-state index in [2.05, 4.69) is 31.1 Å². The molecule has 1 unspecified atom stereocenters. The van der Waals surface area contributed by atoms with Crippen molar-refractivity contribution in [2.75, 3.05) is 31.6 Å². The second kappa shape index (κ2) is 4.95. The Balaban J connectivity index is 1.83. The van der Waals surface area contributed by atoms with Gasteiger partial charge in [-0.3, -0.25) is 9.69 Å². The number of nitrogens with zero attached hydrogens (tertiary/aromatic N) is 2. The first-order valence-corrected chi connectivity index (χ1v) is 6.80. The molecule has 1 atom stereocenters. The maximum Gasteiger partial charge on any atom is 0.243 e. The summed E-state index contributed by atoms with van der Waals surface area (Å²) in [5, 5.41) is 2.88. The van der Waals surface area contributed by atoms with E-state index in [-0.39, 0.29) is 11.9 Å². The van der Waals surface area contributed by atoms with Gasteiger partial charge >= 0.3 is 0 Å². The highest BCUT2D eigenvalue weighted by atomic mass is 79.9. The van der Waals surface area contributed by atoms with E-state index in [1.54, 1.807) is 6.20 Å². The standard InChI is InChI=1S/C12H14BrN3O2/c13-9-5-8-6-10(16-1-3-18-4-2-16)12(17)15-11(8)14-7-9/h5,7,10H,1-4,6H2,(H,14,15,17). The first-order valence-electron chi connectivity index (χ1n) is 6.01. The number of rotatable bonds is 1. The van der Waals surface area contributed by atoms with Crippen molar-refractivity contribution >= 4 is 27.7 Å². The van der Waals surface area contributed by atoms with Crippen LogP contribution >= 0.6 is 15.9 Å². The fourth-order valence-electron chi connectivity index (χ4n) is 2.43. The van der Waals surface area contributed by atoms with Crippen LogP contribution in [0.4, 0.5) is 5.82 Å². The largest absolute Gasteiger partial charge is 0.379 e. The number of aromatic nitrogens is 1. The Labute approximate surface area is 114 Å². The van der Waals surface area contributed by atoms with Crippen LogP contribution < -0.4 is 5.32 Å². The quantitative estimate of drug-likeness (QED) is 0.842. The number of carbonyl (C=O) groups excluding carboxylic acids is 1. The van der Waals surface area contributed by atoms with Gasteiger partial charge in [-0.2, -0.15) is 0 Å². The van der Waals surface area contributed by atoms with Crippen LogP contribution in [0.5, 0.6) is 0 Å². The summed E-state index contributed by atoms with van der Waals surface area (Å²) in [5.41, 5.74) is 1.08. The monoisotopic (exact) mass is 311 g/mol. The van der Waals surface area contributed by atoms with E-state index >= 15 is 0 Å². The summed E-state index contributed by atoms with van der Waals surface area (Å²) in [5.74, 6) is 0.729. The summed E-state index contributed by atoms with van der Waals surface area (Å²) in [6.07, 6.45) is 2.42. The van der Waals surface area contributed by atoms with Crippen LogP contribution in [0.2, 0.25) is 0 Å². The lowest BCUT2D eigenvalue weighted by Crippen LogP contribution is -2.52. The van der Waals surface area contributed by atoms with Crippen LogP contribution in [-0.4, -0.2) is 48.1 Å². The molecule has 0 aliphatic carbocycles. The summed E-state index contributed by atoms with van der Waals surface area (Å²) in [7, 11) is 0. The van der Waals surface area contributed by atoms with Crippen molar-refractivity contribution in [1.82, 2.24) is 9.88 Å². The van der Waals surface area contributed by atoms with Gasteiger partial charge in [-0.1, -0.05) is 0 Å². The molecule has 2 aliphatic rings. The van der Waals surface area contributed by atoms with E-state index in [0.717, 1.165) is 23.1 Å². The molecular formula is C12H14BrN3O2. The SMILES string of the molecule is O=C1Nc2ncc(Br)cc2CC1N1CCOCC1. The van der Waals surface area contributed by atoms with Crippen molar-refractivity contribution in [1.29, 1.82) is 0 Å². The van der Waals surface area contributed by atoms with E-state index in [9.17, 15) is 4.79 Å². The molecule has 0 bridgehead atoms. The van der Waals surface area contributed by atoms with Crippen LogP contribution in [0.15, 0.2) is 16.7 Å². The lowest BCUT2D eigenvalue weighted by Gasteiger charge is -2.35. The third-order valence-electron chi connectivity index (χ3n) is 3.38. The topological polar surface area (TPSA) is 54.5 Å². The summed E-state index contributed by atoms with van der Waals surface area (Å²) in [6, 6.07) is 1.92. The van der Waals surface area contributed by atoms with Gasteiger partial charge in [0, 0.05) is 30.2 Å². The number of nitrogens with one attached hydrogen (secondary N) is 1. The Hall–Kier alpha value is -0.980. The molecule has 96 valence electrons. The number of anilines is 1. The number of fused-ring (bicyclic) bond motifs is 1. The van der Waals surface area contributed by atoms with Gasteiger partial charge in [-0.05, 0) is 27.6 Å². The smallest absolute Gasteiger partial charge is 0.243 e. The number of ether oxygens (including phenoxy) is 1. The number of hydrogen-bond donors (Lipinski definition) is 1. The second-order valence-electron chi connectivity index (χ2n) is 4.52. The molecule has 0 radical (unpaired) electrons. The van der Waals surface area contributed by atoms with Crippen molar-refractivity contribution < 1.29 is 9.53 Å². The average molecular weight is 312 g/mol. The minimum absolute atomic E-state index is 0.0409. The molecule has 3 heterocycles. The minimum Gasteiger partial charge on any atom is -0.379 e. The molecule has 1 saturated heterocycles. The molecule has 1 fully saturated rings. The predicted molar refractivity (Wildman–Crippen MR) is 70.5 cm³/mol. The van der Waals surface area contributed by atoms with E-state index in [1.807, 2.05) is 6.07 Å². The third kappa shape index (κ3) is 2.28. The van der Waals surface area contributed by atoms with Crippen LogP contribution in [0.25, 0.3) is 0 Å². The van der Waals surface area contributed by atoms with E-state index in [0.29, 0.717) is 25.5 Å². The normalized spacial score (nSPS) is 24.5. The maximum atomic E-state index is 12.1. The van der Waals surface area contributed by atoms with Crippen LogP contribution in [-0.2, 0) is 16.0 Å². The number of halogens is 1. The van der Waals surface area contributed by atoms with Gasteiger partial charge in [-0.15, -0.1) is 0 Å². The lowest BCUT2D eigenvalue weighted by atomic mass is 10.0. The third-order valence-corrected chi connectivity index (χ3v) is 3.81. The highest BCUT2D eigenvalue weighted by molar-refractivity contribution is 9.10. The maximum absolute atomic E-state index is 12.1. The van der Waals surface area contributed by atoms with Crippen LogP contribution in [0, 0.1) is 0 Å². The molecule has 0 aromatic carbocycles. The highest BCUT2D eigenvalue weighted by Gasteiger charge is 2.32. The van der Waals surface area contributed by atoms with Crippen molar-refractivity contribution in [3.8, 4) is 0 Å². The summed E-state index contributed by atoms with van der Waals surface area (Å²) >= 11 is 3.41. The van der Waals surface area contributed by atoms with E-state index in [4.69, 9.17) is 4.74 Å². The second-order valence-corrected chi connectivity index (χ2v) is 5.43. The van der Waals surface area contributed by atoms with Gasteiger partial charge in [0.05, 0.1) is 19.3 Å². The number of hydrogen-bond acceptors (Lipinski definition) is 4. The molecule has 2 aliphatic heterocycles. The summed E-state index contributed by atoms with van der Waals surface area (Å²) < 4.78 is 6.26. The number of pyridine rings is 1. The average Bonchev–Trinajstić information content (AvgIpc) is 2.39. The molecule has 1 amide bonds. The van der Waals surface area contributed by atoms with Crippen LogP contribution in [0.1, 0.15) is 5.56 Å². The molecular weight excluding hydrogens is 298 g/mol. The van der Waals surface area contributed by atoms with Gasteiger partial charge < -0.3 is 10.1 Å². The lowest BCUT2D eigenvalue weighted by molar-refractivity contribution is -0.123. The number of amides is 1. The molecule has 1 N–H and O–H groups in total. The molecule has 1 aromatic heterocycles. The molecule has 3 rings (SSSR count). The van der Waals surface area contributed by atoms with Crippen LogP contribution in [0.3, 0.4) is 0 Å². The Bertz CT molecular complexity index is 474. The Morgan fingerprint density at radius 1 is 1.44 bits per heavy atom. The fourth-order valence-corrected chi connectivity index (χ4v) is 2.81. The summed E-state index contributed by atoms with van der Waals surface area (Å²) in [4.78, 5) is 18.5. The van der Waals surface area contributed by atoms with E-state index in [1.165, 1.54) is 0 Å². The minimum atomic E-state index is -0.0995. The molecule has 18 heavy (non-hydrogen) atoms. The van der Waals surface area contributed by atoms with Gasteiger partial charge in [0.25, 0.3) is 0 Å². The van der Waals surface area contributed by atoms with Gasteiger partial charge in [0.2, 0.25) is 5.91 Å². The fraction of sp³-hybridized carbons (Fsp3) is 0.500. The molecule has 0 spiro atoms. The first-order chi connectivity index (χ1) is 8.74. The molecule has 5 nitrogen and oxygen atoms in total. The Kier molecular flexibility index (Phi) is 3.32. The van der Waals surface area contributed by atoms with Crippen molar-refractivity contribution in [3.63, 3.8) is 0 Å². The van der Waals surface area contributed by atoms with Gasteiger partial charge in [-0.25, -0.2) is 4.98 Å². The first kappa shape index (κ1) is 12.1. The van der Waals surface area contributed by atoms with Gasteiger partial charge in [0.15, 0.2) is 0 Å². The van der Waals surface area contributed by atoms with Gasteiger partial charge in [0.1, 0.15) is 5.82 Å².